The van der Waals surface area contributed by atoms with Gasteiger partial charge in [-0.05, 0) is 48.1 Å². The Morgan fingerprint density at radius 3 is 2.73 bits per heavy atom. The quantitative estimate of drug-likeness (QED) is 0.803. The zero-order valence-electron chi connectivity index (χ0n) is 8.78. The summed E-state index contributed by atoms with van der Waals surface area (Å²) in [5.74, 6) is 0. The largest absolute Gasteiger partial charge is 0.389 e. The van der Waals surface area contributed by atoms with Gasteiger partial charge < -0.3 is 10.4 Å². The molecule has 0 aromatic carbocycles. The maximum Gasteiger partial charge on any atom is 0.0717 e. The van der Waals surface area contributed by atoms with Gasteiger partial charge in [0.15, 0.2) is 0 Å². The average Bonchev–Trinajstić information content (AvgIpc) is 2.76. The highest BCUT2D eigenvalue weighted by atomic mass is 32.1. The van der Waals surface area contributed by atoms with Crippen molar-refractivity contribution < 1.29 is 5.11 Å². The Morgan fingerprint density at radius 1 is 1.40 bits per heavy atom. The Balaban J connectivity index is 1.74. The smallest absolute Gasteiger partial charge is 0.0717 e. The fraction of sp³-hybridized carbons (Fsp3) is 0.667. The minimum Gasteiger partial charge on any atom is -0.389 e. The van der Waals surface area contributed by atoms with Crippen LogP contribution in [0.15, 0.2) is 16.8 Å². The first-order valence-electron chi connectivity index (χ1n) is 5.73. The number of hydrogen-bond donors (Lipinski definition) is 2. The highest BCUT2D eigenvalue weighted by Crippen LogP contribution is 2.36. The summed E-state index contributed by atoms with van der Waals surface area (Å²) in [6.07, 6.45) is 5.19. The molecule has 0 spiro atoms. The third kappa shape index (κ3) is 1.96. The number of nitrogens with one attached hydrogen (secondary N) is 1. The topological polar surface area (TPSA) is 32.3 Å². The first-order valence-corrected chi connectivity index (χ1v) is 6.67. The Morgan fingerprint density at radius 2 is 2.13 bits per heavy atom. The van der Waals surface area contributed by atoms with Crippen molar-refractivity contribution in [3.8, 4) is 0 Å². The lowest BCUT2D eigenvalue weighted by atomic mass is 9.83. The van der Waals surface area contributed by atoms with Crippen molar-refractivity contribution in [1.82, 2.24) is 5.32 Å². The van der Waals surface area contributed by atoms with E-state index in [1.54, 1.807) is 11.3 Å². The molecule has 0 aliphatic carbocycles. The van der Waals surface area contributed by atoms with Crippen molar-refractivity contribution in [3.05, 3.63) is 22.4 Å². The lowest BCUT2D eigenvalue weighted by Gasteiger charge is -2.37. The zero-order chi connectivity index (χ0) is 10.3. The van der Waals surface area contributed by atoms with Crippen molar-refractivity contribution >= 4 is 11.3 Å². The molecule has 0 amide bonds. The molecule has 2 unspecified atom stereocenters. The second kappa shape index (κ2) is 3.58. The maximum atomic E-state index is 10.6. The molecule has 0 radical (unpaired) electrons. The number of rotatable bonds is 2. The van der Waals surface area contributed by atoms with E-state index < -0.39 is 5.60 Å². The standard InChI is InChI=1S/C12H17NOS/c14-12(5-9-3-4-15-8-9)6-10-1-2-11(7-12)13-10/h3-4,8,10-11,13-14H,1-2,5-7H2. The summed E-state index contributed by atoms with van der Waals surface area (Å²) in [5.41, 5.74) is 0.849. The van der Waals surface area contributed by atoms with Gasteiger partial charge >= 0.3 is 0 Å². The van der Waals surface area contributed by atoms with E-state index in [-0.39, 0.29) is 0 Å². The molecule has 82 valence electrons. The van der Waals surface area contributed by atoms with E-state index in [1.807, 2.05) is 0 Å². The molecule has 2 aliphatic rings. The lowest BCUT2D eigenvalue weighted by molar-refractivity contribution is -0.00600. The third-order valence-corrected chi connectivity index (χ3v) is 4.43. The molecule has 3 heterocycles. The summed E-state index contributed by atoms with van der Waals surface area (Å²) in [7, 11) is 0. The summed E-state index contributed by atoms with van der Waals surface area (Å²) < 4.78 is 0. The number of piperidine rings is 1. The second-order valence-corrected chi connectivity index (χ2v) is 5.86. The molecule has 1 aromatic rings. The highest BCUT2D eigenvalue weighted by Gasteiger charge is 2.42. The Hall–Kier alpha value is -0.380. The average molecular weight is 223 g/mol. The van der Waals surface area contributed by atoms with E-state index >= 15 is 0 Å². The summed E-state index contributed by atoms with van der Waals surface area (Å²) in [6.45, 7) is 0. The van der Waals surface area contributed by atoms with Crippen molar-refractivity contribution in [2.45, 2.75) is 49.8 Å². The minimum atomic E-state index is -0.446. The Labute approximate surface area is 94.3 Å². The number of aliphatic hydroxyl groups is 1. The van der Waals surface area contributed by atoms with Crippen molar-refractivity contribution in [1.29, 1.82) is 0 Å². The first-order chi connectivity index (χ1) is 7.23. The van der Waals surface area contributed by atoms with Crippen LogP contribution in [0.25, 0.3) is 0 Å². The van der Waals surface area contributed by atoms with Crippen LogP contribution < -0.4 is 5.32 Å². The number of fused-ring (bicyclic) bond motifs is 2. The summed E-state index contributed by atoms with van der Waals surface area (Å²) in [4.78, 5) is 0. The van der Waals surface area contributed by atoms with Crippen molar-refractivity contribution in [2.75, 3.05) is 0 Å². The van der Waals surface area contributed by atoms with Crippen LogP contribution in [0.5, 0.6) is 0 Å². The first kappa shape index (κ1) is 9.82. The van der Waals surface area contributed by atoms with Crippen LogP contribution in [0.2, 0.25) is 0 Å². The third-order valence-electron chi connectivity index (χ3n) is 3.70. The summed E-state index contributed by atoms with van der Waals surface area (Å²) >= 11 is 1.72. The molecule has 2 saturated heterocycles. The van der Waals surface area contributed by atoms with Crippen LogP contribution in [-0.4, -0.2) is 22.8 Å². The second-order valence-electron chi connectivity index (χ2n) is 5.08. The molecule has 3 rings (SSSR count). The van der Waals surface area contributed by atoms with Crippen LogP contribution in [0.1, 0.15) is 31.2 Å². The van der Waals surface area contributed by atoms with Crippen LogP contribution in [0.3, 0.4) is 0 Å². The van der Waals surface area contributed by atoms with Gasteiger partial charge in [-0.2, -0.15) is 11.3 Å². The molecular formula is C12H17NOS. The zero-order valence-corrected chi connectivity index (χ0v) is 9.59. The normalized spacial score (nSPS) is 39.5. The van der Waals surface area contributed by atoms with Crippen molar-refractivity contribution in [2.24, 2.45) is 0 Å². The van der Waals surface area contributed by atoms with Gasteiger partial charge in [0.25, 0.3) is 0 Å². The molecule has 2 nitrogen and oxygen atoms in total. The molecule has 2 N–H and O–H groups in total. The van der Waals surface area contributed by atoms with E-state index in [1.165, 1.54) is 18.4 Å². The Kier molecular flexibility index (Phi) is 2.34. The van der Waals surface area contributed by atoms with E-state index in [2.05, 4.69) is 22.1 Å². The van der Waals surface area contributed by atoms with Gasteiger partial charge in [-0.15, -0.1) is 0 Å². The fourth-order valence-electron chi connectivity index (χ4n) is 3.14. The molecule has 0 saturated carbocycles. The van der Waals surface area contributed by atoms with E-state index in [0.29, 0.717) is 12.1 Å². The maximum absolute atomic E-state index is 10.6. The fourth-order valence-corrected chi connectivity index (χ4v) is 3.81. The van der Waals surface area contributed by atoms with Crippen LogP contribution in [-0.2, 0) is 6.42 Å². The predicted molar refractivity (Wildman–Crippen MR) is 62.2 cm³/mol. The minimum absolute atomic E-state index is 0.446. The molecule has 15 heavy (non-hydrogen) atoms. The highest BCUT2D eigenvalue weighted by molar-refractivity contribution is 7.07. The van der Waals surface area contributed by atoms with Gasteiger partial charge in [0.1, 0.15) is 0 Å². The van der Waals surface area contributed by atoms with Gasteiger partial charge in [0, 0.05) is 18.5 Å². The van der Waals surface area contributed by atoms with Gasteiger partial charge in [-0.1, -0.05) is 0 Å². The Bertz CT molecular complexity index is 323. The van der Waals surface area contributed by atoms with E-state index in [4.69, 9.17) is 0 Å². The SMILES string of the molecule is OC1(Cc2ccsc2)CC2CCC(C1)N2. The van der Waals surface area contributed by atoms with E-state index in [0.717, 1.165) is 19.3 Å². The van der Waals surface area contributed by atoms with Crippen molar-refractivity contribution in [3.63, 3.8) is 0 Å². The predicted octanol–water partition coefficient (Wildman–Crippen LogP) is 1.94. The van der Waals surface area contributed by atoms with Crippen LogP contribution >= 0.6 is 11.3 Å². The molecule has 1 aromatic heterocycles. The number of thiophene rings is 1. The number of hydrogen-bond acceptors (Lipinski definition) is 3. The van der Waals surface area contributed by atoms with Gasteiger partial charge in [-0.25, -0.2) is 0 Å². The monoisotopic (exact) mass is 223 g/mol. The summed E-state index contributed by atoms with van der Waals surface area (Å²) in [6, 6.07) is 3.26. The molecule has 3 heteroatoms. The molecule has 2 atom stereocenters. The van der Waals surface area contributed by atoms with Crippen LogP contribution in [0.4, 0.5) is 0 Å². The van der Waals surface area contributed by atoms with Crippen LogP contribution in [0, 0.1) is 0 Å². The molecule has 2 fully saturated rings. The van der Waals surface area contributed by atoms with Gasteiger partial charge in [-0.3, -0.25) is 0 Å². The van der Waals surface area contributed by atoms with E-state index in [9.17, 15) is 5.11 Å². The lowest BCUT2D eigenvalue weighted by Crippen LogP contribution is -2.49. The molecule has 2 bridgehead atoms. The molecule has 2 aliphatic heterocycles. The molecular weight excluding hydrogens is 206 g/mol. The van der Waals surface area contributed by atoms with Gasteiger partial charge in [0.05, 0.1) is 5.60 Å². The summed E-state index contributed by atoms with van der Waals surface area (Å²) in [5, 5.41) is 18.4. The van der Waals surface area contributed by atoms with Gasteiger partial charge in [0.2, 0.25) is 0 Å².